The van der Waals surface area contributed by atoms with Crippen molar-refractivity contribution in [1.82, 2.24) is 4.98 Å². The van der Waals surface area contributed by atoms with Crippen molar-refractivity contribution in [3.63, 3.8) is 0 Å². The Bertz CT molecular complexity index is 572. The number of primary amides is 1. The number of fused-ring (bicyclic) bond motifs is 1. The summed E-state index contributed by atoms with van der Waals surface area (Å²) >= 11 is 1.72. The third-order valence-corrected chi connectivity index (χ3v) is 4.49. The van der Waals surface area contributed by atoms with E-state index in [0.29, 0.717) is 0 Å². The van der Waals surface area contributed by atoms with Crippen molar-refractivity contribution in [2.45, 2.75) is 12.8 Å². The summed E-state index contributed by atoms with van der Waals surface area (Å²) in [6.45, 7) is 1.79. The fourth-order valence-electron chi connectivity index (χ4n) is 2.51. The first kappa shape index (κ1) is 11.5. The quantitative estimate of drug-likeness (QED) is 0.899. The van der Waals surface area contributed by atoms with E-state index < -0.39 is 0 Å². The first-order valence-electron chi connectivity index (χ1n) is 6.12. The summed E-state index contributed by atoms with van der Waals surface area (Å²) in [6, 6.07) is 4.10. The Kier molecular flexibility index (Phi) is 2.91. The summed E-state index contributed by atoms with van der Waals surface area (Å²) in [6.07, 6.45) is 3.56. The molecule has 2 aromatic rings. The van der Waals surface area contributed by atoms with Crippen molar-refractivity contribution < 1.29 is 4.79 Å². The van der Waals surface area contributed by atoms with E-state index in [1.165, 1.54) is 10.4 Å². The van der Waals surface area contributed by atoms with Crippen LogP contribution in [0.2, 0.25) is 0 Å². The number of nitrogens with two attached hydrogens (primary N) is 1. The van der Waals surface area contributed by atoms with Crippen LogP contribution in [0.1, 0.15) is 12.8 Å². The minimum Gasteiger partial charge on any atom is -0.370 e. The molecular formula is C13H15N3OS. The van der Waals surface area contributed by atoms with Crippen LogP contribution in [0.4, 0.5) is 5.69 Å². The standard InChI is InChI=1S/C13H15N3OS/c14-13(17)9-2-6-16(7-3-9)11-1-5-15-10-4-8-18-12(10)11/h1,4-5,8-9H,2-3,6-7H2,(H2,14,17). The van der Waals surface area contributed by atoms with Crippen molar-refractivity contribution in [3.05, 3.63) is 23.7 Å². The van der Waals surface area contributed by atoms with E-state index >= 15 is 0 Å². The molecule has 0 bridgehead atoms. The number of nitrogens with zero attached hydrogens (tertiary/aromatic N) is 2. The molecule has 2 N–H and O–H groups in total. The Morgan fingerprint density at radius 3 is 2.89 bits per heavy atom. The smallest absolute Gasteiger partial charge is 0.220 e. The molecule has 3 rings (SSSR count). The highest BCUT2D eigenvalue weighted by Crippen LogP contribution is 2.32. The van der Waals surface area contributed by atoms with Gasteiger partial charge in [-0.2, -0.15) is 0 Å². The Hall–Kier alpha value is -1.62. The predicted molar refractivity (Wildman–Crippen MR) is 73.8 cm³/mol. The number of anilines is 1. The highest BCUT2D eigenvalue weighted by atomic mass is 32.1. The lowest BCUT2D eigenvalue weighted by molar-refractivity contribution is -0.122. The average Bonchev–Trinajstić information content (AvgIpc) is 2.87. The third-order valence-electron chi connectivity index (χ3n) is 3.56. The van der Waals surface area contributed by atoms with E-state index in [1.807, 2.05) is 12.3 Å². The fraction of sp³-hybridized carbons (Fsp3) is 0.385. The van der Waals surface area contributed by atoms with Gasteiger partial charge in [-0.05, 0) is 30.4 Å². The minimum atomic E-state index is -0.161. The molecule has 1 fully saturated rings. The van der Waals surface area contributed by atoms with Crippen LogP contribution in [-0.4, -0.2) is 24.0 Å². The second kappa shape index (κ2) is 4.57. The summed E-state index contributed by atoms with van der Waals surface area (Å²) in [7, 11) is 0. The summed E-state index contributed by atoms with van der Waals surface area (Å²) in [5.74, 6) is -0.118. The van der Waals surface area contributed by atoms with Crippen molar-refractivity contribution in [2.75, 3.05) is 18.0 Å². The van der Waals surface area contributed by atoms with Gasteiger partial charge < -0.3 is 10.6 Å². The number of aromatic nitrogens is 1. The molecule has 18 heavy (non-hydrogen) atoms. The third kappa shape index (κ3) is 1.95. The first-order chi connectivity index (χ1) is 8.75. The minimum absolute atomic E-state index is 0.0434. The van der Waals surface area contributed by atoms with Gasteiger partial charge in [0.1, 0.15) is 0 Å². The second-order valence-corrected chi connectivity index (χ2v) is 5.54. The van der Waals surface area contributed by atoms with Crippen molar-refractivity contribution >= 4 is 33.1 Å². The van der Waals surface area contributed by atoms with Crippen LogP contribution in [0.3, 0.4) is 0 Å². The molecule has 1 amide bonds. The molecule has 0 unspecified atom stereocenters. The number of pyridine rings is 1. The van der Waals surface area contributed by atoms with Gasteiger partial charge in [0.2, 0.25) is 5.91 Å². The number of rotatable bonds is 2. The second-order valence-electron chi connectivity index (χ2n) is 4.63. The zero-order valence-corrected chi connectivity index (χ0v) is 10.8. The summed E-state index contributed by atoms with van der Waals surface area (Å²) in [5, 5.41) is 2.07. The van der Waals surface area contributed by atoms with Crippen LogP contribution in [0.5, 0.6) is 0 Å². The van der Waals surface area contributed by atoms with Crippen molar-refractivity contribution in [2.24, 2.45) is 11.7 Å². The largest absolute Gasteiger partial charge is 0.370 e. The van der Waals surface area contributed by atoms with E-state index in [0.717, 1.165) is 31.4 Å². The maximum atomic E-state index is 11.2. The van der Waals surface area contributed by atoms with E-state index in [2.05, 4.69) is 21.3 Å². The predicted octanol–water partition coefficient (Wildman–Crippen LogP) is 2.00. The van der Waals surface area contributed by atoms with Crippen LogP contribution in [0.15, 0.2) is 23.7 Å². The maximum Gasteiger partial charge on any atom is 0.220 e. The lowest BCUT2D eigenvalue weighted by Crippen LogP contribution is -2.38. The molecule has 0 aliphatic carbocycles. The first-order valence-corrected chi connectivity index (χ1v) is 7.00. The monoisotopic (exact) mass is 261 g/mol. The van der Waals surface area contributed by atoms with Gasteiger partial charge in [-0.15, -0.1) is 11.3 Å². The molecule has 4 nitrogen and oxygen atoms in total. The Labute approximate surface area is 109 Å². The van der Waals surface area contributed by atoms with Gasteiger partial charge in [0, 0.05) is 25.2 Å². The Morgan fingerprint density at radius 1 is 1.39 bits per heavy atom. The van der Waals surface area contributed by atoms with Gasteiger partial charge in [-0.1, -0.05) is 0 Å². The number of amides is 1. The molecule has 1 saturated heterocycles. The molecule has 3 heterocycles. The molecule has 5 heteroatoms. The summed E-state index contributed by atoms with van der Waals surface area (Å²) in [4.78, 5) is 17.8. The van der Waals surface area contributed by atoms with Gasteiger partial charge in [-0.25, -0.2) is 0 Å². The van der Waals surface area contributed by atoms with Crippen LogP contribution in [0, 0.1) is 5.92 Å². The van der Waals surface area contributed by atoms with Gasteiger partial charge in [0.25, 0.3) is 0 Å². The molecule has 0 saturated carbocycles. The Balaban J connectivity index is 1.84. The molecule has 0 aromatic carbocycles. The lowest BCUT2D eigenvalue weighted by atomic mass is 9.96. The van der Waals surface area contributed by atoms with Crippen LogP contribution < -0.4 is 10.6 Å². The average molecular weight is 261 g/mol. The van der Waals surface area contributed by atoms with Crippen molar-refractivity contribution in [1.29, 1.82) is 0 Å². The number of piperidine rings is 1. The van der Waals surface area contributed by atoms with Crippen LogP contribution in [0.25, 0.3) is 10.2 Å². The van der Waals surface area contributed by atoms with E-state index in [4.69, 9.17) is 5.73 Å². The van der Waals surface area contributed by atoms with Gasteiger partial charge in [0.15, 0.2) is 0 Å². The summed E-state index contributed by atoms with van der Waals surface area (Å²) in [5.41, 5.74) is 7.64. The number of hydrogen-bond donors (Lipinski definition) is 1. The van der Waals surface area contributed by atoms with Crippen LogP contribution >= 0.6 is 11.3 Å². The van der Waals surface area contributed by atoms with E-state index in [-0.39, 0.29) is 11.8 Å². The summed E-state index contributed by atoms with van der Waals surface area (Å²) < 4.78 is 1.23. The molecule has 0 spiro atoms. The molecule has 1 aliphatic rings. The Morgan fingerprint density at radius 2 is 2.17 bits per heavy atom. The highest BCUT2D eigenvalue weighted by Gasteiger charge is 2.24. The molecule has 2 aromatic heterocycles. The van der Waals surface area contributed by atoms with Gasteiger partial charge in [-0.3, -0.25) is 9.78 Å². The van der Waals surface area contributed by atoms with Gasteiger partial charge in [0.05, 0.1) is 15.9 Å². The number of thiophene rings is 1. The number of hydrogen-bond acceptors (Lipinski definition) is 4. The maximum absolute atomic E-state index is 11.2. The lowest BCUT2D eigenvalue weighted by Gasteiger charge is -2.32. The van der Waals surface area contributed by atoms with E-state index in [1.54, 1.807) is 11.3 Å². The fourth-order valence-corrected chi connectivity index (χ4v) is 3.41. The zero-order chi connectivity index (χ0) is 12.5. The normalized spacial score (nSPS) is 17.2. The molecule has 94 valence electrons. The molecule has 0 radical (unpaired) electrons. The molecule has 0 atom stereocenters. The van der Waals surface area contributed by atoms with Crippen molar-refractivity contribution in [3.8, 4) is 0 Å². The highest BCUT2D eigenvalue weighted by molar-refractivity contribution is 7.17. The molecule has 1 aliphatic heterocycles. The zero-order valence-electron chi connectivity index (χ0n) is 10.0. The number of carbonyl (C=O) groups is 1. The number of carbonyl (C=O) groups excluding carboxylic acids is 1. The SMILES string of the molecule is NC(=O)C1CCN(c2ccnc3ccsc23)CC1. The van der Waals surface area contributed by atoms with E-state index in [9.17, 15) is 4.79 Å². The van der Waals surface area contributed by atoms with Crippen LogP contribution in [-0.2, 0) is 4.79 Å². The molecular weight excluding hydrogens is 246 g/mol. The van der Waals surface area contributed by atoms with Gasteiger partial charge >= 0.3 is 0 Å². The topological polar surface area (TPSA) is 59.2 Å².